The van der Waals surface area contributed by atoms with Crippen molar-refractivity contribution in [2.45, 2.75) is 44.7 Å². The van der Waals surface area contributed by atoms with Gasteiger partial charge in [-0.1, -0.05) is 61.0 Å². The summed E-state index contributed by atoms with van der Waals surface area (Å²) >= 11 is 6.16. The summed E-state index contributed by atoms with van der Waals surface area (Å²) in [4.78, 5) is 7.67. The highest BCUT2D eigenvalue weighted by Crippen LogP contribution is 2.44. The van der Waals surface area contributed by atoms with E-state index < -0.39 is 0 Å². The van der Waals surface area contributed by atoms with E-state index in [-0.39, 0.29) is 5.66 Å². The van der Waals surface area contributed by atoms with Crippen molar-refractivity contribution in [2.75, 3.05) is 13.7 Å². The molecule has 1 fully saturated rings. The summed E-state index contributed by atoms with van der Waals surface area (Å²) < 4.78 is 5.56. The van der Waals surface area contributed by atoms with Gasteiger partial charge in [-0.3, -0.25) is 4.99 Å². The molecule has 2 aromatic carbocycles. The van der Waals surface area contributed by atoms with Crippen LogP contribution in [-0.4, -0.2) is 29.9 Å². The number of hydrogen-bond donors (Lipinski definition) is 0. The van der Waals surface area contributed by atoms with Crippen LogP contribution in [0, 0.1) is 6.92 Å². The van der Waals surface area contributed by atoms with Crippen LogP contribution in [0.25, 0.3) is 5.57 Å². The summed E-state index contributed by atoms with van der Waals surface area (Å²) in [7, 11) is 1.67. The van der Waals surface area contributed by atoms with E-state index in [4.69, 9.17) is 21.3 Å². The van der Waals surface area contributed by atoms with Crippen LogP contribution in [0.2, 0.25) is 5.02 Å². The Morgan fingerprint density at radius 2 is 1.83 bits per heavy atom. The normalized spacial score (nSPS) is 17.9. The van der Waals surface area contributed by atoms with Gasteiger partial charge in [-0.25, -0.2) is 0 Å². The minimum absolute atomic E-state index is 0.224. The summed E-state index contributed by atoms with van der Waals surface area (Å²) in [5.74, 6) is 0.745. The fourth-order valence-corrected chi connectivity index (χ4v) is 4.79. The van der Waals surface area contributed by atoms with Gasteiger partial charge in [0.05, 0.1) is 18.5 Å². The van der Waals surface area contributed by atoms with Gasteiger partial charge in [0.25, 0.3) is 0 Å². The molecule has 0 bridgehead atoms. The Morgan fingerprint density at radius 1 is 1.13 bits per heavy atom. The van der Waals surface area contributed by atoms with Gasteiger partial charge in [0.2, 0.25) is 0 Å². The van der Waals surface area contributed by atoms with E-state index in [0.717, 1.165) is 46.7 Å². The van der Waals surface area contributed by atoms with Gasteiger partial charge in [0.15, 0.2) is 0 Å². The molecule has 1 saturated carbocycles. The highest BCUT2D eigenvalue weighted by atomic mass is 35.5. The third kappa shape index (κ3) is 3.79. The summed E-state index contributed by atoms with van der Waals surface area (Å²) in [6.07, 6.45) is 5.73. The molecule has 0 saturated heterocycles. The van der Waals surface area contributed by atoms with E-state index in [9.17, 15) is 0 Å². The molecule has 0 radical (unpaired) electrons. The van der Waals surface area contributed by atoms with Crippen LogP contribution in [0.5, 0.6) is 5.75 Å². The van der Waals surface area contributed by atoms with Crippen LogP contribution in [-0.2, 0) is 0 Å². The molecule has 4 heteroatoms. The van der Waals surface area contributed by atoms with E-state index in [1.54, 1.807) is 7.11 Å². The first kappa shape index (κ1) is 20.7. The van der Waals surface area contributed by atoms with Crippen LogP contribution in [0.3, 0.4) is 0 Å². The maximum atomic E-state index is 6.16. The Kier molecular flexibility index (Phi) is 5.75. The fourth-order valence-electron chi connectivity index (χ4n) is 4.63. The lowest BCUT2D eigenvalue weighted by molar-refractivity contribution is 0.125. The zero-order valence-electron chi connectivity index (χ0n) is 17.9. The summed E-state index contributed by atoms with van der Waals surface area (Å²) in [5, 5.41) is 0.655. The number of allylic oxidation sites excluding steroid dienone is 1. The summed E-state index contributed by atoms with van der Waals surface area (Å²) in [6, 6.07) is 14.3. The molecule has 2 aliphatic rings. The molecule has 3 nitrogen and oxygen atoms in total. The lowest BCUT2D eigenvalue weighted by Gasteiger charge is -2.41. The van der Waals surface area contributed by atoms with Crippen LogP contribution < -0.4 is 4.74 Å². The number of nitrogens with zero attached hydrogens (tertiary/aromatic N) is 2. The molecule has 2 aromatic rings. The Hall–Kier alpha value is -2.52. The van der Waals surface area contributed by atoms with Gasteiger partial charge >= 0.3 is 0 Å². The molecule has 0 N–H and O–H groups in total. The van der Waals surface area contributed by atoms with E-state index in [1.807, 2.05) is 18.2 Å². The highest BCUT2D eigenvalue weighted by Gasteiger charge is 2.44. The number of aliphatic imine (C=N–C) groups is 1. The minimum atomic E-state index is -0.224. The average Bonchev–Trinajstić information content (AvgIpc) is 3.00. The van der Waals surface area contributed by atoms with E-state index in [2.05, 4.69) is 49.2 Å². The lowest BCUT2D eigenvalue weighted by Crippen LogP contribution is -2.45. The molecule has 1 aliphatic heterocycles. The quantitative estimate of drug-likeness (QED) is 0.540. The molecule has 1 aliphatic carbocycles. The van der Waals surface area contributed by atoms with Gasteiger partial charge in [-0.05, 0) is 56.4 Å². The largest absolute Gasteiger partial charge is 0.496 e. The van der Waals surface area contributed by atoms with Crippen molar-refractivity contribution in [3.05, 3.63) is 83.0 Å². The Labute approximate surface area is 184 Å². The molecular weight excluding hydrogens is 392 g/mol. The van der Waals surface area contributed by atoms with Gasteiger partial charge in [-0.2, -0.15) is 0 Å². The molecule has 0 aromatic heterocycles. The molecule has 1 spiro atoms. The van der Waals surface area contributed by atoms with Gasteiger partial charge < -0.3 is 9.64 Å². The zero-order valence-corrected chi connectivity index (χ0v) is 18.6. The van der Waals surface area contributed by atoms with Crippen molar-refractivity contribution < 1.29 is 4.74 Å². The highest BCUT2D eigenvalue weighted by molar-refractivity contribution is 6.30. The monoisotopic (exact) mass is 420 g/mol. The number of aryl methyl sites for hydroxylation is 1. The SMILES string of the molecule is C=C(CN1C(=C)C(c2ccc(C)cc2)=NC12CCCCC2)c1ccc(Cl)cc1OC. The topological polar surface area (TPSA) is 24.8 Å². The fraction of sp³-hybridized carbons (Fsp3) is 0.346. The van der Waals surface area contributed by atoms with E-state index in [0.29, 0.717) is 11.6 Å². The van der Waals surface area contributed by atoms with Crippen LogP contribution in [0.15, 0.2) is 66.3 Å². The Morgan fingerprint density at radius 3 is 2.50 bits per heavy atom. The predicted octanol–water partition coefficient (Wildman–Crippen LogP) is 6.65. The summed E-state index contributed by atoms with van der Waals surface area (Å²) in [6.45, 7) is 11.6. The number of rotatable bonds is 5. The summed E-state index contributed by atoms with van der Waals surface area (Å²) in [5.41, 5.74) is 6.10. The van der Waals surface area contributed by atoms with Gasteiger partial charge in [-0.15, -0.1) is 0 Å². The number of methoxy groups -OCH3 is 1. The zero-order chi connectivity index (χ0) is 21.3. The van der Waals surface area contributed by atoms with Crippen molar-refractivity contribution in [2.24, 2.45) is 4.99 Å². The smallest absolute Gasteiger partial charge is 0.133 e. The standard InChI is InChI=1S/C26H29ClN2O/c1-18-8-10-21(11-9-18)25-20(3)29(26(28-25)14-6-5-7-15-26)17-19(2)23-13-12-22(27)16-24(23)30-4/h8-13,16H,2-3,5-7,14-15,17H2,1,4H3. The Bertz CT molecular complexity index is 1000. The first-order valence-corrected chi connectivity index (χ1v) is 11.0. The van der Waals surface area contributed by atoms with E-state index in [1.165, 1.54) is 24.8 Å². The second kappa shape index (κ2) is 8.31. The molecular formula is C26H29ClN2O. The third-order valence-corrected chi connectivity index (χ3v) is 6.53. The number of halogens is 1. The lowest BCUT2D eigenvalue weighted by atomic mass is 9.88. The van der Waals surface area contributed by atoms with E-state index >= 15 is 0 Å². The van der Waals surface area contributed by atoms with Gasteiger partial charge in [0.1, 0.15) is 11.4 Å². The molecule has 0 atom stereocenters. The molecule has 0 amide bonds. The van der Waals surface area contributed by atoms with Crippen LogP contribution >= 0.6 is 11.6 Å². The van der Waals surface area contributed by atoms with Crippen LogP contribution in [0.1, 0.15) is 48.8 Å². The number of ether oxygens (including phenoxy) is 1. The van der Waals surface area contributed by atoms with Crippen molar-refractivity contribution >= 4 is 22.9 Å². The first-order chi connectivity index (χ1) is 14.4. The van der Waals surface area contributed by atoms with Gasteiger partial charge in [0, 0.05) is 22.7 Å². The molecule has 156 valence electrons. The van der Waals surface area contributed by atoms with Crippen molar-refractivity contribution in [3.63, 3.8) is 0 Å². The first-order valence-electron chi connectivity index (χ1n) is 10.6. The number of hydrogen-bond acceptors (Lipinski definition) is 3. The molecule has 30 heavy (non-hydrogen) atoms. The maximum Gasteiger partial charge on any atom is 0.133 e. The third-order valence-electron chi connectivity index (χ3n) is 6.29. The second-order valence-electron chi connectivity index (χ2n) is 8.35. The van der Waals surface area contributed by atoms with Crippen molar-refractivity contribution in [1.82, 2.24) is 4.90 Å². The predicted molar refractivity (Wildman–Crippen MR) is 126 cm³/mol. The van der Waals surface area contributed by atoms with Crippen molar-refractivity contribution in [1.29, 1.82) is 0 Å². The average molecular weight is 421 g/mol. The Balaban J connectivity index is 1.67. The molecule has 0 unspecified atom stereocenters. The maximum absolute atomic E-state index is 6.16. The molecule has 4 rings (SSSR count). The van der Waals surface area contributed by atoms with Crippen molar-refractivity contribution in [3.8, 4) is 5.75 Å². The molecule has 1 heterocycles. The minimum Gasteiger partial charge on any atom is -0.496 e. The van der Waals surface area contributed by atoms with Crippen LogP contribution in [0.4, 0.5) is 0 Å². The second-order valence-corrected chi connectivity index (χ2v) is 8.79. The number of benzene rings is 2.